The summed E-state index contributed by atoms with van der Waals surface area (Å²) < 4.78 is 82.4. The van der Waals surface area contributed by atoms with E-state index in [1.165, 1.54) is 49.4 Å². The van der Waals surface area contributed by atoms with E-state index in [0.29, 0.717) is 73.2 Å². The number of sulfonamides is 1. The maximum atomic E-state index is 14.4. The number of piperazine rings is 1. The molecule has 0 spiro atoms. The Morgan fingerprint density at radius 3 is 2.18 bits per heavy atom. The fraction of sp³-hybridized carbons (Fsp3) is 0.314. The molecule has 262 valence electrons. The van der Waals surface area contributed by atoms with Gasteiger partial charge in [-0.2, -0.15) is 17.5 Å². The highest BCUT2D eigenvalue weighted by molar-refractivity contribution is 7.89. The summed E-state index contributed by atoms with van der Waals surface area (Å²) in [7, 11) is -4.04. The zero-order chi connectivity index (χ0) is 35.6. The van der Waals surface area contributed by atoms with Crippen LogP contribution in [0.25, 0.3) is 11.3 Å². The molecule has 0 saturated carbocycles. The van der Waals surface area contributed by atoms with Gasteiger partial charge in [-0.05, 0) is 62.2 Å². The van der Waals surface area contributed by atoms with Gasteiger partial charge in [-0.1, -0.05) is 36.4 Å². The van der Waals surface area contributed by atoms with E-state index in [9.17, 15) is 35.6 Å². The predicted octanol–water partition coefficient (Wildman–Crippen LogP) is 5.30. The number of halogens is 4. The molecule has 2 fully saturated rings. The number of aromatic nitrogens is 2. The molecule has 10 nitrogen and oxygen atoms in total. The minimum atomic E-state index is -4.51. The molecule has 6 rings (SSSR count). The van der Waals surface area contributed by atoms with Crippen LogP contribution in [0, 0.1) is 5.82 Å². The number of ketones is 1. The number of nitrogens with one attached hydrogen (secondary N) is 1. The summed E-state index contributed by atoms with van der Waals surface area (Å²) in [5, 5.41) is 2.79. The summed E-state index contributed by atoms with van der Waals surface area (Å²) >= 11 is 0. The summed E-state index contributed by atoms with van der Waals surface area (Å²) in [6.45, 7) is 3.20. The molecule has 0 radical (unpaired) electrons. The Labute approximate surface area is 286 Å². The van der Waals surface area contributed by atoms with Crippen molar-refractivity contribution in [2.45, 2.75) is 43.4 Å². The highest BCUT2D eigenvalue weighted by Gasteiger charge is 2.39. The molecule has 0 bridgehead atoms. The maximum absolute atomic E-state index is 14.4. The van der Waals surface area contributed by atoms with Crippen molar-refractivity contribution in [3.05, 3.63) is 102 Å². The highest BCUT2D eigenvalue weighted by atomic mass is 32.2. The second kappa shape index (κ2) is 14.2. The molecule has 15 heteroatoms. The van der Waals surface area contributed by atoms with Crippen molar-refractivity contribution in [2.24, 2.45) is 0 Å². The SMILES string of the molecule is CC(=O)c1ccc(S(=O)(=O)N2CCC[C@H]2C(=O)NCc2cc(-c3ccc(C(F)(F)F)cc3)nc(N3CCN(c4ccccc4F)CC3)n2)cc1. The lowest BCUT2D eigenvalue weighted by molar-refractivity contribution is -0.137. The number of amides is 1. The molecule has 4 aromatic rings. The quantitative estimate of drug-likeness (QED) is 0.184. The fourth-order valence-corrected chi connectivity index (χ4v) is 7.79. The molecule has 2 saturated heterocycles. The molecule has 2 aliphatic rings. The zero-order valence-corrected chi connectivity index (χ0v) is 27.8. The Kier molecular flexibility index (Phi) is 9.89. The van der Waals surface area contributed by atoms with Gasteiger partial charge in [0.15, 0.2) is 5.78 Å². The van der Waals surface area contributed by atoms with Gasteiger partial charge in [-0.15, -0.1) is 0 Å². The Balaban J connectivity index is 1.22. The van der Waals surface area contributed by atoms with E-state index in [4.69, 9.17) is 0 Å². The molecular formula is C35H34F4N6O4S. The number of hydrogen-bond donors (Lipinski definition) is 1. The second-order valence-corrected chi connectivity index (χ2v) is 14.0. The van der Waals surface area contributed by atoms with Gasteiger partial charge in [0.2, 0.25) is 21.9 Å². The van der Waals surface area contributed by atoms with Crippen LogP contribution in [0.15, 0.2) is 83.8 Å². The third-order valence-electron chi connectivity index (χ3n) is 8.85. The van der Waals surface area contributed by atoms with E-state index in [0.717, 1.165) is 16.4 Å². The summed E-state index contributed by atoms with van der Waals surface area (Å²) in [4.78, 5) is 38.2. The molecule has 1 N–H and O–H groups in total. The van der Waals surface area contributed by atoms with Crippen LogP contribution >= 0.6 is 0 Å². The van der Waals surface area contributed by atoms with E-state index in [-0.39, 0.29) is 29.6 Å². The summed E-state index contributed by atoms with van der Waals surface area (Å²) in [5.41, 5.74) is 1.14. The van der Waals surface area contributed by atoms with Crippen molar-refractivity contribution < 1.29 is 35.6 Å². The number of benzene rings is 3. The van der Waals surface area contributed by atoms with E-state index in [2.05, 4.69) is 15.3 Å². The van der Waals surface area contributed by atoms with Gasteiger partial charge in [0, 0.05) is 43.9 Å². The predicted molar refractivity (Wildman–Crippen MR) is 179 cm³/mol. The number of nitrogens with zero attached hydrogens (tertiary/aromatic N) is 5. The van der Waals surface area contributed by atoms with Crippen molar-refractivity contribution in [3.8, 4) is 11.3 Å². The molecule has 1 amide bonds. The van der Waals surface area contributed by atoms with Gasteiger partial charge in [0.25, 0.3) is 0 Å². The number of Topliss-reactive ketones (excluding diaryl/α,β-unsaturated/α-hetero) is 1. The van der Waals surface area contributed by atoms with Crippen LogP contribution in [0.5, 0.6) is 0 Å². The Morgan fingerprint density at radius 1 is 0.880 bits per heavy atom. The molecular weight excluding hydrogens is 676 g/mol. The fourth-order valence-electron chi connectivity index (χ4n) is 6.13. The first-order valence-corrected chi connectivity index (χ1v) is 17.5. The summed E-state index contributed by atoms with van der Waals surface area (Å²) in [6.07, 6.45) is -3.74. The maximum Gasteiger partial charge on any atom is 0.416 e. The normalized spacial score (nSPS) is 17.2. The number of rotatable bonds is 9. The number of hydrogen-bond acceptors (Lipinski definition) is 8. The molecule has 3 aromatic carbocycles. The van der Waals surface area contributed by atoms with Gasteiger partial charge < -0.3 is 15.1 Å². The van der Waals surface area contributed by atoms with Crippen LogP contribution in [-0.2, 0) is 27.5 Å². The van der Waals surface area contributed by atoms with Crippen LogP contribution < -0.4 is 15.1 Å². The van der Waals surface area contributed by atoms with E-state index in [1.807, 2.05) is 9.80 Å². The average molecular weight is 711 g/mol. The topological polar surface area (TPSA) is 116 Å². The minimum Gasteiger partial charge on any atom is -0.366 e. The monoisotopic (exact) mass is 710 g/mol. The van der Waals surface area contributed by atoms with Crippen molar-refractivity contribution in [1.29, 1.82) is 0 Å². The minimum absolute atomic E-state index is 0.0288. The van der Waals surface area contributed by atoms with Crippen LogP contribution in [0.3, 0.4) is 0 Å². The van der Waals surface area contributed by atoms with Gasteiger partial charge in [-0.3, -0.25) is 9.59 Å². The van der Waals surface area contributed by atoms with Crippen molar-refractivity contribution >= 4 is 33.3 Å². The molecule has 50 heavy (non-hydrogen) atoms. The first kappa shape index (κ1) is 35.0. The average Bonchev–Trinajstić information content (AvgIpc) is 3.62. The summed E-state index contributed by atoms with van der Waals surface area (Å²) in [6, 6.07) is 17.2. The Hall–Kier alpha value is -4.89. The van der Waals surface area contributed by atoms with Crippen LogP contribution in [-0.4, -0.2) is 73.1 Å². The number of para-hydroxylation sites is 1. The third-order valence-corrected chi connectivity index (χ3v) is 10.8. The standard InChI is InChI=1S/C35H34F4N6O4S/c1-23(46)24-10-14-28(15-11-24)50(48,49)45-16-4-7-32(45)33(47)40-22-27-21-30(25-8-12-26(13-9-25)35(37,38)39)42-34(41-27)44-19-17-43(18-20-44)31-6-3-2-5-29(31)36/h2-3,5-6,8-15,21,32H,4,7,16-20,22H2,1H3,(H,40,47)/t32-/m0/s1. The lowest BCUT2D eigenvalue weighted by Crippen LogP contribution is -2.47. The first-order valence-electron chi connectivity index (χ1n) is 16.0. The third kappa shape index (κ3) is 7.48. The number of anilines is 2. The van der Waals surface area contributed by atoms with E-state index >= 15 is 0 Å². The first-order chi connectivity index (χ1) is 23.8. The second-order valence-electron chi connectivity index (χ2n) is 12.1. The molecule has 0 aliphatic carbocycles. The largest absolute Gasteiger partial charge is 0.416 e. The molecule has 0 unspecified atom stereocenters. The summed E-state index contributed by atoms with van der Waals surface area (Å²) in [5.74, 6) is -0.773. The Morgan fingerprint density at radius 2 is 1.54 bits per heavy atom. The zero-order valence-electron chi connectivity index (χ0n) is 27.0. The van der Waals surface area contributed by atoms with Crippen molar-refractivity contribution in [1.82, 2.24) is 19.6 Å². The molecule has 3 heterocycles. The van der Waals surface area contributed by atoms with Crippen LogP contribution in [0.4, 0.5) is 29.2 Å². The van der Waals surface area contributed by atoms with Gasteiger partial charge in [-0.25, -0.2) is 22.8 Å². The number of alkyl halides is 3. The van der Waals surface area contributed by atoms with E-state index < -0.39 is 33.7 Å². The van der Waals surface area contributed by atoms with Crippen molar-refractivity contribution in [3.63, 3.8) is 0 Å². The van der Waals surface area contributed by atoms with E-state index in [1.54, 1.807) is 24.3 Å². The van der Waals surface area contributed by atoms with Gasteiger partial charge in [0.1, 0.15) is 11.9 Å². The molecule has 1 atom stereocenters. The smallest absolute Gasteiger partial charge is 0.366 e. The molecule has 1 aromatic heterocycles. The molecule has 2 aliphatic heterocycles. The lowest BCUT2D eigenvalue weighted by Gasteiger charge is -2.36. The van der Waals surface area contributed by atoms with Gasteiger partial charge >= 0.3 is 6.18 Å². The number of carbonyl (C=O) groups is 2. The highest BCUT2D eigenvalue weighted by Crippen LogP contribution is 2.32. The van der Waals surface area contributed by atoms with Crippen LogP contribution in [0.1, 0.15) is 41.4 Å². The van der Waals surface area contributed by atoms with Gasteiger partial charge in [0.05, 0.1) is 34.1 Å². The Bertz CT molecular complexity index is 1980. The van der Waals surface area contributed by atoms with Crippen molar-refractivity contribution in [2.75, 3.05) is 42.5 Å². The lowest BCUT2D eigenvalue weighted by atomic mass is 10.1. The number of carbonyl (C=O) groups excluding carboxylic acids is 2. The van der Waals surface area contributed by atoms with Crippen LogP contribution in [0.2, 0.25) is 0 Å².